The van der Waals surface area contributed by atoms with Gasteiger partial charge < -0.3 is 4.57 Å². The van der Waals surface area contributed by atoms with Crippen molar-refractivity contribution in [1.29, 1.82) is 0 Å². The Morgan fingerprint density at radius 2 is 1.95 bits per heavy atom. The van der Waals surface area contributed by atoms with E-state index in [1.807, 2.05) is 6.07 Å². The van der Waals surface area contributed by atoms with Gasteiger partial charge in [-0.25, -0.2) is 0 Å². The van der Waals surface area contributed by atoms with Crippen LogP contribution >= 0.6 is 11.6 Å². The Kier molecular flexibility index (Phi) is 5.13. The Hall–Kier alpha value is -0.950. The van der Waals surface area contributed by atoms with Crippen LogP contribution in [-0.4, -0.2) is 4.57 Å². The predicted octanol–water partition coefficient (Wildman–Crippen LogP) is 6.39. The van der Waals surface area contributed by atoms with Crippen molar-refractivity contribution >= 4 is 22.5 Å². The van der Waals surface area contributed by atoms with Gasteiger partial charge in [-0.15, -0.1) is 0 Å². The Morgan fingerprint density at radius 1 is 1.18 bits per heavy atom. The zero-order valence-corrected chi connectivity index (χ0v) is 14.8. The summed E-state index contributed by atoms with van der Waals surface area (Å²) in [5, 5.41) is 2.24. The number of aromatic nitrogens is 1. The van der Waals surface area contributed by atoms with Gasteiger partial charge >= 0.3 is 0 Å². The zero-order valence-electron chi connectivity index (χ0n) is 14.0. The molecule has 1 saturated carbocycles. The van der Waals surface area contributed by atoms with Crippen LogP contribution in [0, 0.1) is 5.92 Å². The van der Waals surface area contributed by atoms with E-state index in [0.717, 1.165) is 17.4 Å². The smallest absolute Gasteiger partial charge is 0.0486 e. The van der Waals surface area contributed by atoms with Crippen LogP contribution in [0.3, 0.4) is 0 Å². The van der Waals surface area contributed by atoms with Gasteiger partial charge in [0.1, 0.15) is 0 Å². The lowest BCUT2D eigenvalue weighted by atomic mass is 10.0. The maximum atomic E-state index is 6.26. The van der Waals surface area contributed by atoms with Gasteiger partial charge in [-0.2, -0.15) is 0 Å². The molecule has 1 aromatic heterocycles. The van der Waals surface area contributed by atoms with E-state index in [1.165, 1.54) is 68.0 Å². The van der Waals surface area contributed by atoms with Crippen molar-refractivity contribution in [3.63, 3.8) is 0 Å². The average Bonchev–Trinajstić information content (AvgIpc) is 3.11. The summed E-state index contributed by atoms with van der Waals surface area (Å²) in [7, 11) is 0. The Bertz CT molecular complexity index is 635. The van der Waals surface area contributed by atoms with Crippen LogP contribution in [-0.2, 0) is 19.4 Å². The third-order valence-corrected chi connectivity index (χ3v) is 5.56. The molecule has 1 heterocycles. The molecule has 0 aliphatic heterocycles. The molecule has 0 spiro atoms. The lowest BCUT2D eigenvalue weighted by Crippen LogP contribution is -2.08. The Labute approximate surface area is 139 Å². The summed E-state index contributed by atoms with van der Waals surface area (Å²) in [6.45, 7) is 5.74. The van der Waals surface area contributed by atoms with Gasteiger partial charge in [-0.05, 0) is 48.9 Å². The molecule has 0 bridgehead atoms. The van der Waals surface area contributed by atoms with Crippen molar-refractivity contribution in [1.82, 2.24) is 4.57 Å². The molecule has 0 radical (unpaired) electrons. The molecule has 0 unspecified atom stereocenters. The van der Waals surface area contributed by atoms with Gasteiger partial charge in [-0.3, -0.25) is 0 Å². The number of aryl methyl sites for hydroxylation is 2. The SMILES string of the molecule is CCCc1c(CC)c2cc(Cl)ccc2n1CCC1CCCC1. The number of benzene rings is 1. The van der Waals surface area contributed by atoms with Gasteiger partial charge in [0.2, 0.25) is 0 Å². The van der Waals surface area contributed by atoms with Gasteiger partial charge in [0.05, 0.1) is 0 Å². The van der Waals surface area contributed by atoms with E-state index >= 15 is 0 Å². The van der Waals surface area contributed by atoms with Crippen LogP contribution in [0.2, 0.25) is 5.02 Å². The molecule has 0 N–H and O–H groups in total. The number of fused-ring (bicyclic) bond motifs is 1. The number of nitrogens with zero attached hydrogens (tertiary/aromatic N) is 1. The van der Waals surface area contributed by atoms with Gasteiger partial charge in [0, 0.05) is 28.2 Å². The fourth-order valence-corrected chi connectivity index (χ4v) is 4.40. The second-order valence-corrected chi connectivity index (χ2v) is 7.22. The molecule has 2 aromatic rings. The summed E-state index contributed by atoms with van der Waals surface area (Å²) in [4.78, 5) is 0. The van der Waals surface area contributed by atoms with Crippen molar-refractivity contribution in [2.45, 2.75) is 71.8 Å². The number of hydrogen-bond donors (Lipinski definition) is 0. The maximum absolute atomic E-state index is 6.26. The molecular formula is C20H28ClN. The van der Waals surface area contributed by atoms with Crippen LogP contribution in [0.1, 0.15) is 63.6 Å². The van der Waals surface area contributed by atoms with Gasteiger partial charge in [-0.1, -0.05) is 57.6 Å². The molecule has 1 nitrogen and oxygen atoms in total. The van der Waals surface area contributed by atoms with Gasteiger partial charge in [0.15, 0.2) is 0 Å². The Balaban J connectivity index is 1.99. The summed E-state index contributed by atoms with van der Waals surface area (Å²) in [5.41, 5.74) is 4.47. The molecule has 1 fully saturated rings. The van der Waals surface area contributed by atoms with Crippen LogP contribution in [0.15, 0.2) is 18.2 Å². The molecular weight excluding hydrogens is 290 g/mol. The third-order valence-electron chi connectivity index (χ3n) is 5.32. The molecule has 0 atom stereocenters. The van der Waals surface area contributed by atoms with Crippen molar-refractivity contribution in [2.24, 2.45) is 5.92 Å². The lowest BCUT2D eigenvalue weighted by molar-refractivity contribution is 0.457. The highest BCUT2D eigenvalue weighted by molar-refractivity contribution is 6.31. The first-order valence-corrected chi connectivity index (χ1v) is 9.41. The quantitative estimate of drug-likeness (QED) is 0.581. The van der Waals surface area contributed by atoms with Crippen LogP contribution < -0.4 is 0 Å². The summed E-state index contributed by atoms with van der Waals surface area (Å²) in [6, 6.07) is 6.44. The molecule has 3 rings (SSSR count). The number of halogens is 1. The molecule has 2 heteroatoms. The maximum Gasteiger partial charge on any atom is 0.0486 e. The largest absolute Gasteiger partial charge is 0.344 e. The lowest BCUT2D eigenvalue weighted by Gasteiger charge is -2.14. The summed E-state index contributed by atoms with van der Waals surface area (Å²) >= 11 is 6.26. The molecule has 0 saturated heterocycles. The minimum atomic E-state index is 0.859. The van der Waals surface area contributed by atoms with Crippen molar-refractivity contribution in [3.05, 3.63) is 34.5 Å². The van der Waals surface area contributed by atoms with E-state index in [4.69, 9.17) is 11.6 Å². The normalized spacial score (nSPS) is 16.0. The summed E-state index contributed by atoms with van der Waals surface area (Å²) < 4.78 is 2.60. The summed E-state index contributed by atoms with van der Waals surface area (Å²) in [5.74, 6) is 0.948. The highest BCUT2D eigenvalue weighted by Crippen LogP contribution is 2.33. The monoisotopic (exact) mass is 317 g/mol. The molecule has 1 aromatic carbocycles. The minimum absolute atomic E-state index is 0.859. The summed E-state index contributed by atoms with van der Waals surface area (Å²) in [6.07, 6.45) is 10.6. The van der Waals surface area contributed by atoms with Crippen molar-refractivity contribution in [2.75, 3.05) is 0 Å². The third kappa shape index (κ3) is 3.06. The van der Waals surface area contributed by atoms with E-state index in [1.54, 1.807) is 5.69 Å². The van der Waals surface area contributed by atoms with E-state index in [0.29, 0.717) is 0 Å². The zero-order chi connectivity index (χ0) is 15.5. The number of hydrogen-bond acceptors (Lipinski definition) is 0. The molecule has 120 valence electrons. The van der Waals surface area contributed by atoms with E-state index < -0.39 is 0 Å². The second-order valence-electron chi connectivity index (χ2n) is 6.78. The molecule has 1 aliphatic carbocycles. The second kappa shape index (κ2) is 7.08. The number of rotatable bonds is 6. The first-order valence-electron chi connectivity index (χ1n) is 9.04. The highest BCUT2D eigenvalue weighted by Gasteiger charge is 2.19. The average molecular weight is 318 g/mol. The predicted molar refractivity (Wildman–Crippen MR) is 96.9 cm³/mol. The fourth-order valence-electron chi connectivity index (χ4n) is 4.23. The van der Waals surface area contributed by atoms with Crippen molar-refractivity contribution < 1.29 is 0 Å². The van der Waals surface area contributed by atoms with Crippen molar-refractivity contribution in [3.8, 4) is 0 Å². The molecule has 0 amide bonds. The first-order chi connectivity index (χ1) is 10.7. The van der Waals surface area contributed by atoms with Crippen LogP contribution in [0.5, 0.6) is 0 Å². The van der Waals surface area contributed by atoms with Crippen LogP contribution in [0.25, 0.3) is 10.9 Å². The minimum Gasteiger partial charge on any atom is -0.344 e. The first kappa shape index (κ1) is 15.9. The van der Waals surface area contributed by atoms with Crippen LogP contribution in [0.4, 0.5) is 0 Å². The fraction of sp³-hybridized carbons (Fsp3) is 0.600. The topological polar surface area (TPSA) is 4.93 Å². The van der Waals surface area contributed by atoms with E-state index in [-0.39, 0.29) is 0 Å². The standard InChI is InChI=1S/C20H28ClN/c1-3-7-19-17(4-2)18-14-16(21)10-11-20(18)22(19)13-12-15-8-5-6-9-15/h10-11,14-15H,3-9,12-13H2,1-2H3. The molecule has 1 aliphatic rings. The molecule has 22 heavy (non-hydrogen) atoms. The highest BCUT2D eigenvalue weighted by atomic mass is 35.5. The van der Waals surface area contributed by atoms with E-state index in [9.17, 15) is 0 Å². The van der Waals surface area contributed by atoms with Gasteiger partial charge in [0.25, 0.3) is 0 Å². The van der Waals surface area contributed by atoms with E-state index in [2.05, 4.69) is 30.5 Å². The Morgan fingerprint density at radius 3 is 2.64 bits per heavy atom.